The van der Waals surface area contributed by atoms with E-state index in [0.717, 1.165) is 28.5 Å². The monoisotopic (exact) mass is 402 g/mol. The number of H-pyrrole nitrogens is 1. The van der Waals surface area contributed by atoms with Crippen LogP contribution < -0.4 is 4.90 Å². The van der Waals surface area contributed by atoms with Crippen LogP contribution in [0, 0.1) is 0 Å². The van der Waals surface area contributed by atoms with Crippen molar-refractivity contribution < 1.29 is 17.3 Å². The van der Waals surface area contributed by atoms with Crippen molar-refractivity contribution in [3.8, 4) is 11.4 Å². The standard InChI is InChI=1S/C19H22N4O4S/c1-13-11-26-8-7-23(13)18-10-16(12-27-28(2,24)25)21-19(22-18)15-3-4-17-14(9-15)5-6-20-17/h3-6,9-10,13,20H,7-8,11-12H2,1-2H3/t13-/m0/s1. The van der Waals surface area contributed by atoms with Gasteiger partial charge >= 0.3 is 0 Å². The van der Waals surface area contributed by atoms with E-state index in [1.807, 2.05) is 30.5 Å². The minimum absolute atomic E-state index is 0.132. The van der Waals surface area contributed by atoms with E-state index in [-0.39, 0.29) is 12.6 Å². The molecule has 1 saturated heterocycles. The third kappa shape index (κ3) is 4.16. The molecule has 0 unspecified atom stereocenters. The first-order valence-corrected chi connectivity index (χ1v) is 10.8. The zero-order chi connectivity index (χ0) is 19.7. The van der Waals surface area contributed by atoms with E-state index >= 15 is 0 Å². The molecule has 0 spiro atoms. The number of nitrogens with zero attached hydrogens (tertiary/aromatic N) is 3. The molecule has 0 saturated carbocycles. The number of ether oxygens (including phenoxy) is 1. The maximum atomic E-state index is 11.4. The normalized spacial score (nSPS) is 17.9. The van der Waals surface area contributed by atoms with Crippen LogP contribution in [0.1, 0.15) is 12.6 Å². The summed E-state index contributed by atoms with van der Waals surface area (Å²) in [4.78, 5) is 14.6. The number of hydrogen-bond acceptors (Lipinski definition) is 7. The van der Waals surface area contributed by atoms with Gasteiger partial charge in [0, 0.05) is 35.3 Å². The number of aromatic nitrogens is 3. The topological polar surface area (TPSA) is 97.4 Å². The van der Waals surface area contributed by atoms with Crippen LogP contribution in [0.25, 0.3) is 22.3 Å². The molecule has 1 atom stereocenters. The summed E-state index contributed by atoms with van der Waals surface area (Å²) in [5.41, 5.74) is 2.40. The Balaban J connectivity index is 1.76. The molecular formula is C19H22N4O4S. The third-order valence-electron chi connectivity index (χ3n) is 4.66. The second-order valence-corrected chi connectivity index (χ2v) is 8.55. The molecule has 4 rings (SSSR count). The maximum absolute atomic E-state index is 11.4. The molecular weight excluding hydrogens is 380 g/mol. The van der Waals surface area contributed by atoms with Crippen molar-refractivity contribution >= 4 is 26.8 Å². The lowest BCUT2D eigenvalue weighted by molar-refractivity contribution is 0.0985. The van der Waals surface area contributed by atoms with Crippen molar-refractivity contribution in [2.45, 2.75) is 19.6 Å². The predicted molar refractivity (Wildman–Crippen MR) is 107 cm³/mol. The molecule has 8 nitrogen and oxygen atoms in total. The van der Waals surface area contributed by atoms with Gasteiger partial charge in [0.25, 0.3) is 10.1 Å². The summed E-state index contributed by atoms with van der Waals surface area (Å²) < 4.78 is 33.3. The number of morpholine rings is 1. The van der Waals surface area contributed by atoms with Crippen LogP contribution in [0.3, 0.4) is 0 Å². The first-order chi connectivity index (χ1) is 13.4. The largest absolute Gasteiger partial charge is 0.377 e. The van der Waals surface area contributed by atoms with E-state index in [1.165, 1.54) is 0 Å². The first kappa shape index (κ1) is 18.9. The minimum atomic E-state index is -3.57. The molecule has 1 N–H and O–H groups in total. The second kappa shape index (κ2) is 7.50. The maximum Gasteiger partial charge on any atom is 0.264 e. The number of fused-ring (bicyclic) bond motifs is 1. The highest BCUT2D eigenvalue weighted by Crippen LogP contribution is 2.26. The predicted octanol–water partition coefficient (Wildman–Crippen LogP) is 2.33. The molecule has 0 aliphatic carbocycles. The fourth-order valence-electron chi connectivity index (χ4n) is 3.26. The number of benzene rings is 1. The van der Waals surface area contributed by atoms with Crippen LogP contribution in [0.2, 0.25) is 0 Å². The number of aromatic amines is 1. The fraction of sp³-hybridized carbons (Fsp3) is 0.368. The van der Waals surface area contributed by atoms with Crippen molar-refractivity contribution in [1.82, 2.24) is 15.0 Å². The average Bonchev–Trinajstić information content (AvgIpc) is 3.14. The Morgan fingerprint density at radius 3 is 2.93 bits per heavy atom. The van der Waals surface area contributed by atoms with Crippen molar-refractivity contribution in [1.29, 1.82) is 0 Å². The van der Waals surface area contributed by atoms with E-state index < -0.39 is 10.1 Å². The summed E-state index contributed by atoms with van der Waals surface area (Å²) >= 11 is 0. The Hall–Kier alpha value is -2.49. The lowest BCUT2D eigenvalue weighted by atomic mass is 10.1. The van der Waals surface area contributed by atoms with Crippen LogP contribution in [0.5, 0.6) is 0 Å². The molecule has 0 amide bonds. The van der Waals surface area contributed by atoms with Gasteiger partial charge in [-0.3, -0.25) is 4.18 Å². The number of nitrogens with one attached hydrogen (secondary N) is 1. The highest BCUT2D eigenvalue weighted by Gasteiger charge is 2.22. The van der Waals surface area contributed by atoms with Crippen molar-refractivity contribution in [3.05, 3.63) is 42.2 Å². The first-order valence-electron chi connectivity index (χ1n) is 9.03. The minimum Gasteiger partial charge on any atom is -0.377 e. The third-order valence-corrected chi connectivity index (χ3v) is 5.21. The van der Waals surface area contributed by atoms with Crippen LogP contribution in [-0.4, -0.2) is 55.4 Å². The van der Waals surface area contributed by atoms with Gasteiger partial charge in [-0.1, -0.05) is 0 Å². The molecule has 9 heteroatoms. The number of hydrogen-bond donors (Lipinski definition) is 1. The smallest absolute Gasteiger partial charge is 0.264 e. The van der Waals surface area contributed by atoms with E-state index in [9.17, 15) is 8.42 Å². The van der Waals surface area contributed by atoms with Gasteiger partial charge in [-0.05, 0) is 31.2 Å². The van der Waals surface area contributed by atoms with Gasteiger partial charge in [0.1, 0.15) is 12.4 Å². The SMILES string of the molecule is C[C@H]1COCCN1c1cc(COS(C)(=O)=O)nc(-c2ccc3[nH]ccc3c2)n1. The summed E-state index contributed by atoms with van der Waals surface area (Å²) in [6.45, 7) is 3.88. The average molecular weight is 402 g/mol. The molecule has 0 bridgehead atoms. The Bertz CT molecular complexity index is 1100. The summed E-state index contributed by atoms with van der Waals surface area (Å²) in [5.74, 6) is 1.27. The Morgan fingerprint density at radius 2 is 2.14 bits per heavy atom. The number of rotatable bonds is 5. The molecule has 28 heavy (non-hydrogen) atoms. The van der Waals surface area contributed by atoms with Crippen molar-refractivity contribution in [2.75, 3.05) is 30.9 Å². The molecule has 3 aromatic rings. The van der Waals surface area contributed by atoms with Crippen LogP contribution in [-0.2, 0) is 25.6 Å². The molecule has 1 aliphatic heterocycles. The summed E-state index contributed by atoms with van der Waals surface area (Å²) in [6, 6.07) is 9.86. The zero-order valence-electron chi connectivity index (χ0n) is 15.8. The highest BCUT2D eigenvalue weighted by molar-refractivity contribution is 7.85. The van der Waals surface area contributed by atoms with E-state index in [4.69, 9.17) is 13.9 Å². The summed E-state index contributed by atoms with van der Waals surface area (Å²) in [5, 5.41) is 1.06. The van der Waals surface area contributed by atoms with Gasteiger partial charge in [-0.15, -0.1) is 0 Å². The van der Waals surface area contributed by atoms with Crippen LogP contribution in [0.4, 0.5) is 5.82 Å². The van der Waals surface area contributed by atoms with E-state index in [1.54, 1.807) is 6.07 Å². The summed E-state index contributed by atoms with van der Waals surface area (Å²) in [7, 11) is -3.57. The molecule has 2 aromatic heterocycles. The number of anilines is 1. The van der Waals surface area contributed by atoms with Gasteiger partial charge in [0.05, 0.1) is 31.2 Å². The van der Waals surface area contributed by atoms with Gasteiger partial charge in [0.15, 0.2) is 5.82 Å². The lowest BCUT2D eigenvalue weighted by Gasteiger charge is -2.34. The van der Waals surface area contributed by atoms with Gasteiger partial charge < -0.3 is 14.6 Å². The summed E-state index contributed by atoms with van der Waals surface area (Å²) in [6.07, 6.45) is 2.91. The van der Waals surface area contributed by atoms with Crippen LogP contribution >= 0.6 is 0 Å². The van der Waals surface area contributed by atoms with Gasteiger partial charge in [0.2, 0.25) is 0 Å². The molecule has 3 heterocycles. The van der Waals surface area contributed by atoms with Crippen molar-refractivity contribution in [2.24, 2.45) is 0 Å². The zero-order valence-corrected chi connectivity index (χ0v) is 16.6. The Morgan fingerprint density at radius 1 is 1.29 bits per heavy atom. The fourth-order valence-corrected chi connectivity index (χ4v) is 3.60. The van der Waals surface area contributed by atoms with E-state index in [0.29, 0.717) is 31.3 Å². The Labute approximate surface area is 163 Å². The lowest BCUT2D eigenvalue weighted by Crippen LogP contribution is -2.44. The highest BCUT2D eigenvalue weighted by atomic mass is 32.2. The quantitative estimate of drug-likeness (QED) is 0.654. The second-order valence-electron chi connectivity index (χ2n) is 6.90. The van der Waals surface area contributed by atoms with E-state index in [2.05, 4.69) is 21.8 Å². The molecule has 1 aliphatic rings. The molecule has 1 fully saturated rings. The van der Waals surface area contributed by atoms with Crippen LogP contribution in [0.15, 0.2) is 36.5 Å². The molecule has 0 radical (unpaired) electrons. The molecule has 148 valence electrons. The molecule has 1 aromatic carbocycles. The Kier molecular flexibility index (Phi) is 5.05. The van der Waals surface area contributed by atoms with Crippen molar-refractivity contribution in [3.63, 3.8) is 0 Å². The van der Waals surface area contributed by atoms with Gasteiger partial charge in [-0.25, -0.2) is 9.97 Å². The van der Waals surface area contributed by atoms with Gasteiger partial charge in [-0.2, -0.15) is 8.42 Å².